The number of carbonyl (C=O) groups is 1. The molecule has 6 heteroatoms. The van der Waals surface area contributed by atoms with E-state index in [9.17, 15) is 9.90 Å². The van der Waals surface area contributed by atoms with Gasteiger partial charge in [0.05, 0.1) is 12.2 Å². The van der Waals surface area contributed by atoms with Crippen LogP contribution < -0.4 is 5.32 Å². The number of hydrogen-bond acceptors (Lipinski definition) is 4. The molecule has 0 radical (unpaired) electrons. The van der Waals surface area contributed by atoms with Crippen molar-refractivity contribution in [3.8, 4) is 0 Å². The average Bonchev–Trinajstić information content (AvgIpc) is 2.74. The molecule has 0 spiro atoms. The van der Waals surface area contributed by atoms with Gasteiger partial charge >= 0.3 is 0 Å². The van der Waals surface area contributed by atoms with Crippen LogP contribution in [0.1, 0.15) is 16.8 Å². The van der Waals surface area contributed by atoms with E-state index in [1.165, 1.54) is 6.20 Å². The lowest BCUT2D eigenvalue weighted by molar-refractivity contribution is 0.0264. The van der Waals surface area contributed by atoms with Crippen LogP contribution in [0.3, 0.4) is 0 Å². The van der Waals surface area contributed by atoms with E-state index in [4.69, 9.17) is 4.74 Å². The Balaban J connectivity index is 1.93. The molecule has 1 aliphatic rings. The second kappa shape index (κ2) is 5.12. The third-order valence-electron chi connectivity index (χ3n) is 2.63. The van der Waals surface area contributed by atoms with E-state index in [2.05, 4.69) is 26.2 Å². The van der Waals surface area contributed by atoms with Crippen molar-refractivity contribution in [2.75, 3.05) is 19.8 Å². The van der Waals surface area contributed by atoms with Crippen LogP contribution in [-0.2, 0) is 4.74 Å². The lowest BCUT2D eigenvalue weighted by Crippen LogP contribution is -2.43. The van der Waals surface area contributed by atoms with Crippen molar-refractivity contribution in [3.63, 3.8) is 0 Å². The van der Waals surface area contributed by atoms with Gasteiger partial charge in [0.1, 0.15) is 5.60 Å². The highest BCUT2D eigenvalue weighted by Gasteiger charge is 2.32. The molecular formula is C11H13BrN2O3. The summed E-state index contributed by atoms with van der Waals surface area (Å²) in [5.74, 6) is -0.251. The Hall–Kier alpha value is -0.980. The zero-order chi connectivity index (χ0) is 12.3. The first-order valence-corrected chi connectivity index (χ1v) is 6.07. The van der Waals surface area contributed by atoms with Gasteiger partial charge in [0, 0.05) is 36.4 Å². The van der Waals surface area contributed by atoms with Crippen molar-refractivity contribution in [2.24, 2.45) is 0 Å². The Labute approximate surface area is 107 Å². The third kappa shape index (κ3) is 3.24. The molecule has 1 aromatic heterocycles. The molecular weight excluding hydrogens is 288 g/mol. The summed E-state index contributed by atoms with van der Waals surface area (Å²) in [6, 6.07) is 1.68. The molecule has 1 atom stereocenters. The maximum Gasteiger partial charge on any atom is 0.252 e. The van der Waals surface area contributed by atoms with Crippen molar-refractivity contribution in [2.45, 2.75) is 12.0 Å². The number of rotatable bonds is 3. The van der Waals surface area contributed by atoms with Gasteiger partial charge in [0.15, 0.2) is 0 Å². The fourth-order valence-corrected chi connectivity index (χ4v) is 1.98. The van der Waals surface area contributed by atoms with Crippen molar-refractivity contribution in [3.05, 3.63) is 28.5 Å². The number of ether oxygens (including phenoxy) is 1. The monoisotopic (exact) mass is 300 g/mol. The van der Waals surface area contributed by atoms with Crippen LogP contribution in [0.15, 0.2) is 22.9 Å². The van der Waals surface area contributed by atoms with Gasteiger partial charge in [-0.3, -0.25) is 9.78 Å². The van der Waals surface area contributed by atoms with Gasteiger partial charge in [-0.05, 0) is 22.0 Å². The van der Waals surface area contributed by atoms with Gasteiger partial charge in [-0.2, -0.15) is 0 Å². The molecule has 2 rings (SSSR count). The van der Waals surface area contributed by atoms with E-state index in [1.54, 1.807) is 12.3 Å². The van der Waals surface area contributed by atoms with E-state index in [1.807, 2.05) is 0 Å². The molecule has 1 aliphatic heterocycles. The number of carbonyl (C=O) groups excluding carboxylic acids is 1. The molecule has 1 saturated heterocycles. The van der Waals surface area contributed by atoms with Crippen molar-refractivity contribution in [1.29, 1.82) is 0 Å². The molecule has 2 heterocycles. The molecule has 0 aliphatic carbocycles. The molecule has 1 aromatic rings. The second-order valence-corrected chi connectivity index (χ2v) is 5.02. The number of pyridine rings is 1. The zero-order valence-corrected chi connectivity index (χ0v) is 10.7. The Morgan fingerprint density at radius 1 is 1.65 bits per heavy atom. The topological polar surface area (TPSA) is 71.5 Å². The van der Waals surface area contributed by atoms with Gasteiger partial charge in [0.25, 0.3) is 5.91 Å². The summed E-state index contributed by atoms with van der Waals surface area (Å²) in [5, 5.41) is 12.7. The largest absolute Gasteiger partial charge is 0.386 e. The number of aliphatic hydroxyl groups is 1. The van der Waals surface area contributed by atoms with Crippen molar-refractivity contribution in [1.82, 2.24) is 10.3 Å². The van der Waals surface area contributed by atoms with E-state index < -0.39 is 5.60 Å². The standard InChI is InChI=1S/C11H13BrN2O3/c12-9-3-8(4-13-5-9)10(15)14-6-11(16)1-2-17-7-11/h3-5,16H,1-2,6-7H2,(H,14,15). The Morgan fingerprint density at radius 3 is 3.12 bits per heavy atom. The number of nitrogens with one attached hydrogen (secondary N) is 1. The first kappa shape index (κ1) is 12.5. The van der Waals surface area contributed by atoms with Crippen molar-refractivity contribution < 1.29 is 14.6 Å². The zero-order valence-electron chi connectivity index (χ0n) is 9.15. The molecule has 17 heavy (non-hydrogen) atoms. The minimum Gasteiger partial charge on any atom is -0.386 e. The molecule has 1 unspecified atom stereocenters. The summed E-state index contributed by atoms with van der Waals surface area (Å²) in [4.78, 5) is 15.7. The average molecular weight is 301 g/mol. The first-order chi connectivity index (χ1) is 8.09. The first-order valence-electron chi connectivity index (χ1n) is 5.28. The lowest BCUT2D eigenvalue weighted by Gasteiger charge is -2.20. The van der Waals surface area contributed by atoms with Gasteiger partial charge in [-0.15, -0.1) is 0 Å². The quantitative estimate of drug-likeness (QED) is 0.863. The fourth-order valence-electron chi connectivity index (χ4n) is 1.62. The molecule has 2 N–H and O–H groups in total. The SMILES string of the molecule is O=C(NCC1(O)CCOC1)c1cncc(Br)c1. The van der Waals surface area contributed by atoms with Crippen LogP contribution in [0, 0.1) is 0 Å². The highest BCUT2D eigenvalue weighted by molar-refractivity contribution is 9.10. The van der Waals surface area contributed by atoms with E-state index in [0.717, 1.165) is 4.47 Å². The normalized spacial score (nSPS) is 23.6. The van der Waals surface area contributed by atoms with Crippen LogP contribution >= 0.6 is 15.9 Å². The predicted molar refractivity (Wildman–Crippen MR) is 64.7 cm³/mol. The minimum atomic E-state index is -0.935. The van der Waals surface area contributed by atoms with Crippen LogP contribution in [0.25, 0.3) is 0 Å². The predicted octanol–water partition coefficient (Wildman–Crippen LogP) is 0.725. The molecule has 5 nitrogen and oxygen atoms in total. The van der Waals surface area contributed by atoms with Gasteiger partial charge in [-0.1, -0.05) is 0 Å². The Kier molecular flexibility index (Phi) is 3.76. The number of aromatic nitrogens is 1. The summed E-state index contributed by atoms with van der Waals surface area (Å²) < 4.78 is 5.84. The van der Waals surface area contributed by atoms with Crippen LogP contribution in [-0.4, -0.2) is 41.4 Å². The van der Waals surface area contributed by atoms with Gasteiger partial charge in [-0.25, -0.2) is 0 Å². The molecule has 0 aromatic carbocycles. The Morgan fingerprint density at radius 2 is 2.47 bits per heavy atom. The number of nitrogens with zero attached hydrogens (tertiary/aromatic N) is 1. The molecule has 0 bridgehead atoms. The Bertz CT molecular complexity index is 419. The van der Waals surface area contributed by atoms with E-state index >= 15 is 0 Å². The minimum absolute atomic E-state index is 0.193. The van der Waals surface area contributed by atoms with Crippen LogP contribution in [0.5, 0.6) is 0 Å². The molecule has 1 amide bonds. The smallest absolute Gasteiger partial charge is 0.252 e. The summed E-state index contributed by atoms with van der Waals surface area (Å²) in [6.07, 6.45) is 3.63. The molecule has 0 saturated carbocycles. The summed E-state index contributed by atoms with van der Waals surface area (Å²) in [7, 11) is 0. The third-order valence-corrected chi connectivity index (χ3v) is 3.06. The van der Waals surface area contributed by atoms with Gasteiger partial charge < -0.3 is 15.2 Å². The van der Waals surface area contributed by atoms with Crippen LogP contribution in [0.4, 0.5) is 0 Å². The summed E-state index contributed by atoms with van der Waals surface area (Å²) in [6.45, 7) is 0.993. The molecule has 92 valence electrons. The maximum atomic E-state index is 11.8. The number of hydrogen-bond donors (Lipinski definition) is 2. The summed E-state index contributed by atoms with van der Waals surface area (Å²) in [5.41, 5.74) is -0.475. The lowest BCUT2D eigenvalue weighted by atomic mass is 10.0. The summed E-state index contributed by atoms with van der Waals surface area (Å²) >= 11 is 3.25. The van der Waals surface area contributed by atoms with Crippen LogP contribution in [0.2, 0.25) is 0 Å². The van der Waals surface area contributed by atoms with E-state index in [0.29, 0.717) is 18.6 Å². The maximum absolute atomic E-state index is 11.8. The number of halogens is 1. The second-order valence-electron chi connectivity index (χ2n) is 4.10. The van der Waals surface area contributed by atoms with Crippen molar-refractivity contribution >= 4 is 21.8 Å². The molecule has 1 fully saturated rings. The fraction of sp³-hybridized carbons (Fsp3) is 0.455. The van der Waals surface area contributed by atoms with Gasteiger partial charge in [0.2, 0.25) is 0 Å². The van der Waals surface area contributed by atoms with E-state index in [-0.39, 0.29) is 19.1 Å². The highest BCUT2D eigenvalue weighted by atomic mass is 79.9. The number of amides is 1. The highest BCUT2D eigenvalue weighted by Crippen LogP contribution is 2.17.